The van der Waals surface area contributed by atoms with Gasteiger partial charge in [-0.05, 0) is 30.7 Å². The SMILES string of the molecule is CCC(N)C(Sc1nnc2ccccn12)c1ccco1. The molecule has 2 N–H and O–H groups in total. The Bertz CT molecular complexity index is 679. The van der Waals surface area contributed by atoms with Crippen LogP contribution in [0.3, 0.4) is 0 Å². The van der Waals surface area contributed by atoms with E-state index in [-0.39, 0.29) is 11.3 Å². The summed E-state index contributed by atoms with van der Waals surface area (Å²) in [4.78, 5) is 0. The second kappa shape index (κ2) is 5.68. The van der Waals surface area contributed by atoms with Crippen molar-refractivity contribution in [3.8, 4) is 0 Å². The number of nitrogens with zero attached hydrogens (tertiary/aromatic N) is 3. The van der Waals surface area contributed by atoms with Crippen LogP contribution in [-0.4, -0.2) is 20.6 Å². The topological polar surface area (TPSA) is 69.3 Å². The Morgan fingerprint density at radius 2 is 2.20 bits per heavy atom. The van der Waals surface area contributed by atoms with E-state index in [0.29, 0.717) is 0 Å². The molecule has 20 heavy (non-hydrogen) atoms. The zero-order valence-electron chi connectivity index (χ0n) is 11.1. The minimum absolute atomic E-state index is 0.00205. The maximum absolute atomic E-state index is 6.23. The highest BCUT2D eigenvalue weighted by Crippen LogP contribution is 2.37. The molecule has 2 atom stereocenters. The molecule has 0 aromatic carbocycles. The summed E-state index contributed by atoms with van der Waals surface area (Å²) in [5, 5.41) is 9.25. The van der Waals surface area contributed by atoms with E-state index in [1.807, 2.05) is 40.9 Å². The van der Waals surface area contributed by atoms with Crippen molar-refractivity contribution in [1.82, 2.24) is 14.6 Å². The molecule has 2 unspecified atom stereocenters. The van der Waals surface area contributed by atoms with Gasteiger partial charge in [-0.1, -0.05) is 24.8 Å². The minimum atomic E-state index is 0.00205. The number of aromatic nitrogens is 3. The van der Waals surface area contributed by atoms with Gasteiger partial charge in [-0.2, -0.15) is 0 Å². The lowest BCUT2D eigenvalue weighted by molar-refractivity contribution is 0.473. The Labute approximate surface area is 121 Å². The highest BCUT2D eigenvalue weighted by atomic mass is 32.2. The van der Waals surface area contributed by atoms with Crippen molar-refractivity contribution >= 4 is 17.4 Å². The predicted octanol–water partition coefficient (Wildman–Crippen LogP) is 2.89. The first-order valence-corrected chi connectivity index (χ1v) is 7.43. The van der Waals surface area contributed by atoms with E-state index >= 15 is 0 Å². The molecule has 3 aromatic heterocycles. The summed E-state index contributed by atoms with van der Waals surface area (Å²) in [5.41, 5.74) is 7.06. The van der Waals surface area contributed by atoms with E-state index in [4.69, 9.17) is 10.2 Å². The van der Waals surface area contributed by atoms with E-state index in [9.17, 15) is 0 Å². The number of furan rings is 1. The van der Waals surface area contributed by atoms with Gasteiger partial charge in [0.15, 0.2) is 10.8 Å². The maximum atomic E-state index is 6.23. The lowest BCUT2D eigenvalue weighted by atomic mass is 10.1. The number of rotatable bonds is 5. The summed E-state index contributed by atoms with van der Waals surface area (Å²) in [7, 11) is 0. The Balaban J connectivity index is 1.93. The number of thioether (sulfide) groups is 1. The van der Waals surface area contributed by atoms with Crippen LogP contribution in [0.4, 0.5) is 0 Å². The molecule has 0 amide bonds. The van der Waals surface area contributed by atoms with Crippen LogP contribution in [0.25, 0.3) is 5.65 Å². The standard InChI is InChI=1S/C14H16N4OS/c1-2-10(15)13(11-6-5-9-19-11)20-14-17-16-12-7-3-4-8-18(12)14/h3-10,13H,2,15H2,1H3. The van der Waals surface area contributed by atoms with Gasteiger partial charge >= 0.3 is 0 Å². The van der Waals surface area contributed by atoms with Gasteiger partial charge < -0.3 is 10.2 Å². The number of fused-ring (bicyclic) bond motifs is 1. The van der Waals surface area contributed by atoms with Crippen LogP contribution in [0, 0.1) is 0 Å². The van der Waals surface area contributed by atoms with Gasteiger partial charge in [0.05, 0.1) is 11.5 Å². The molecule has 5 nitrogen and oxygen atoms in total. The molecule has 0 aliphatic carbocycles. The monoisotopic (exact) mass is 288 g/mol. The lowest BCUT2D eigenvalue weighted by Gasteiger charge is -2.19. The van der Waals surface area contributed by atoms with Crippen molar-refractivity contribution < 1.29 is 4.42 Å². The number of nitrogens with two attached hydrogens (primary N) is 1. The summed E-state index contributed by atoms with van der Waals surface area (Å²) >= 11 is 1.59. The van der Waals surface area contributed by atoms with Gasteiger partial charge in [-0.25, -0.2) is 0 Å². The average Bonchev–Trinajstić information content (AvgIpc) is 3.13. The molecule has 0 fully saturated rings. The van der Waals surface area contributed by atoms with Crippen molar-refractivity contribution in [2.75, 3.05) is 0 Å². The van der Waals surface area contributed by atoms with E-state index in [0.717, 1.165) is 23.0 Å². The lowest BCUT2D eigenvalue weighted by Crippen LogP contribution is -2.25. The quantitative estimate of drug-likeness (QED) is 0.731. The van der Waals surface area contributed by atoms with E-state index in [2.05, 4.69) is 17.1 Å². The van der Waals surface area contributed by atoms with Crippen molar-refractivity contribution in [1.29, 1.82) is 0 Å². The van der Waals surface area contributed by atoms with Crippen LogP contribution >= 0.6 is 11.8 Å². The molecule has 0 bridgehead atoms. The van der Waals surface area contributed by atoms with Crippen molar-refractivity contribution in [2.24, 2.45) is 5.73 Å². The van der Waals surface area contributed by atoms with Crippen LogP contribution < -0.4 is 5.73 Å². The first kappa shape index (κ1) is 13.2. The predicted molar refractivity (Wildman–Crippen MR) is 78.6 cm³/mol. The Hall–Kier alpha value is -1.79. The van der Waals surface area contributed by atoms with Gasteiger partial charge in [0, 0.05) is 12.2 Å². The minimum Gasteiger partial charge on any atom is -0.468 e. The van der Waals surface area contributed by atoms with Crippen molar-refractivity contribution in [3.05, 3.63) is 48.6 Å². The normalized spacial score (nSPS) is 14.5. The highest BCUT2D eigenvalue weighted by Gasteiger charge is 2.24. The second-order valence-electron chi connectivity index (χ2n) is 4.54. The van der Waals surface area contributed by atoms with Crippen LogP contribution in [0.1, 0.15) is 24.4 Å². The zero-order valence-corrected chi connectivity index (χ0v) is 12.0. The first-order valence-electron chi connectivity index (χ1n) is 6.55. The van der Waals surface area contributed by atoms with Crippen molar-refractivity contribution in [2.45, 2.75) is 29.8 Å². The first-order chi connectivity index (χ1) is 9.79. The number of hydrogen-bond donors (Lipinski definition) is 1. The summed E-state index contributed by atoms with van der Waals surface area (Å²) in [6.45, 7) is 2.07. The third-order valence-corrected chi connectivity index (χ3v) is 4.52. The van der Waals surface area contributed by atoms with E-state index < -0.39 is 0 Å². The number of pyridine rings is 1. The third-order valence-electron chi connectivity index (χ3n) is 3.20. The third kappa shape index (κ3) is 2.44. The summed E-state index contributed by atoms with van der Waals surface area (Å²) < 4.78 is 7.48. The van der Waals surface area contributed by atoms with Crippen LogP contribution in [0.5, 0.6) is 0 Å². The summed E-state index contributed by atoms with van der Waals surface area (Å²) in [6.07, 6.45) is 4.50. The van der Waals surface area contributed by atoms with Crippen molar-refractivity contribution in [3.63, 3.8) is 0 Å². The maximum Gasteiger partial charge on any atom is 0.196 e. The average molecular weight is 288 g/mol. The fourth-order valence-electron chi connectivity index (χ4n) is 2.04. The zero-order chi connectivity index (χ0) is 13.9. The van der Waals surface area contributed by atoms with Gasteiger partial charge in [-0.15, -0.1) is 10.2 Å². The second-order valence-corrected chi connectivity index (χ2v) is 5.65. The summed E-state index contributed by atoms with van der Waals surface area (Å²) in [5.74, 6) is 0.872. The Morgan fingerprint density at radius 3 is 2.95 bits per heavy atom. The van der Waals surface area contributed by atoms with Gasteiger partial charge in [0.1, 0.15) is 5.76 Å². The van der Waals surface area contributed by atoms with Crippen LogP contribution in [-0.2, 0) is 0 Å². The largest absolute Gasteiger partial charge is 0.468 e. The molecule has 0 saturated heterocycles. The highest BCUT2D eigenvalue weighted by molar-refractivity contribution is 7.99. The molecule has 3 heterocycles. The van der Waals surface area contributed by atoms with Gasteiger partial charge in [-0.3, -0.25) is 4.40 Å². The van der Waals surface area contributed by atoms with Crippen LogP contribution in [0.15, 0.2) is 52.4 Å². The van der Waals surface area contributed by atoms with Crippen LogP contribution in [0.2, 0.25) is 0 Å². The molecule has 3 aromatic rings. The molecule has 6 heteroatoms. The molecular weight excluding hydrogens is 272 g/mol. The fourth-order valence-corrected chi connectivity index (χ4v) is 3.24. The summed E-state index contributed by atoms with van der Waals surface area (Å²) in [6, 6.07) is 9.67. The molecule has 0 saturated carbocycles. The molecule has 0 aliphatic heterocycles. The fraction of sp³-hybridized carbons (Fsp3) is 0.286. The van der Waals surface area contributed by atoms with Gasteiger partial charge in [0.25, 0.3) is 0 Å². The Morgan fingerprint density at radius 1 is 1.30 bits per heavy atom. The smallest absolute Gasteiger partial charge is 0.196 e. The molecule has 104 valence electrons. The molecule has 0 aliphatic rings. The Kier molecular flexibility index (Phi) is 3.75. The van der Waals surface area contributed by atoms with Gasteiger partial charge in [0.2, 0.25) is 0 Å². The molecular formula is C14H16N4OS. The molecule has 0 spiro atoms. The molecule has 0 radical (unpaired) electrons. The van der Waals surface area contributed by atoms with E-state index in [1.165, 1.54) is 0 Å². The molecule has 3 rings (SSSR count). The number of hydrogen-bond acceptors (Lipinski definition) is 5. The van der Waals surface area contributed by atoms with E-state index in [1.54, 1.807) is 18.0 Å².